The van der Waals surface area contributed by atoms with Crippen LogP contribution in [-0.4, -0.2) is 48.9 Å². The number of hydrogen-bond donors (Lipinski definition) is 0. The van der Waals surface area contributed by atoms with Crippen LogP contribution in [0.25, 0.3) is 0 Å². The van der Waals surface area contributed by atoms with Gasteiger partial charge in [-0.2, -0.15) is 0 Å². The van der Waals surface area contributed by atoms with Crippen molar-refractivity contribution in [2.45, 2.75) is 25.4 Å². The fourth-order valence-corrected chi connectivity index (χ4v) is 3.69. The van der Waals surface area contributed by atoms with Crippen molar-refractivity contribution >= 4 is 11.6 Å². The fourth-order valence-electron chi connectivity index (χ4n) is 3.69. The smallest absolute Gasteiger partial charge is 0.266 e. The summed E-state index contributed by atoms with van der Waals surface area (Å²) in [6, 6.07) is 3.17. The van der Waals surface area contributed by atoms with E-state index >= 15 is 0 Å². The van der Waals surface area contributed by atoms with Gasteiger partial charge in [0, 0.05) is 37.1 Å². The van der Waals surface area contributed by atoms with Gasteiger partial charge < -0.3 is 14.5 Å². The molecule has 2 fully saturated rings. The van der Waals surface area contributed by atoms with Crippen LogP contribution in [0.5, 0.6) is 0 Å². The minimum atomic E-state index is -0.764. The average molecular weight is 336 g/mol. The third-order valence-corrected chi connectivity index (χ3v) is 5.12. The summed E-state index contributed by atoms with van der Waals surface area (Å²) >= 11 is 0. The lowest BCUT2D eigenvalue weighted by atomic mass is 9.87. The fraction of sp³-hybridized carbons (Fsp3) is 0.529. The van der Waals surface area contributed by atoms with Crippen molar-refractivity contribution in [1.29, 1.82) is 0 Å². The molecular weight excluding hydrogens is 318 g/mol. The van der Waals surface area contributed by atoms with Crippen LogP contribution in [0.1, 0.15) is 24.8 Å². The van der Waals surface area contributed by atoms with Crippen molar-refractivity contribution in [1.82, 2.24) is 4.90 Å². The van der Waals surface area contributed by atoms with Crippen molar-refractivity contribution in [3.63, 3.8) is 0 Å². The Bertz CT molecular complexity index is 701. The van der Waals surface area contributed by atoms with Crippen LogP contribution >= 0.6 is 0 Å². The number of oxime groups is 1. The number of rotatable bonds is 2. The highest BCUT2D eigenvalue weighted by molar-refractivity contribution is 6.04. The Morgan fingerprint density at radius 1 is 1.33 bits per heavy atom. The molecule has 3 aliphatic heterocycles. The number of hydrogen-bond acceptors (Lipinski definition) is 4. The third kappa shape index (κ3) is 2.66. The monoisotopic (exact) mass is 336 g/mol. The summed E-state index contributed by atoms with van der Waals surface area (Å²) < 4.78 is 32.6. The van der Waals surface area contributed by atoms with E-state index in [1.165, 1.54) is 0 Å². The van der Waals surface area contributed by atoms with Gasteiger partial charge in [0.25, 0.3) is 5.91 Å². The van der Waals surface area contributed by atoms with Gasteiger partial charge in [-0.05, 0) is 31.0 Å². The molecule has 0 aliphatic carbocycles. The van der Waals surface area contributed by atoms with E-state index in [0.29, 0.717) is 19.7 Å². The van der Waals surface area contributed by atoms with E-state index < -0.39 is 17.7 Å². The molecule has 2 saturated heterocycles. The van der Waals surface area contributed by atoms with Gasteiger partial charge in [0.05, 0.1) is 12.3 Å². The van der Waals surface area contributed by atoms with Gasteiger partial charge in [-0.25, -0.2) is 8.78 Å². The van der Waals surface area contributed by atoms with Crippen LogP contribution in [0.4, 0.5) is 8.78 Å². The quantitative estimate of drug-likeness (QED) is 0.831. The predicted molar refractivity (Wildman–Crippen MR) is 81.5 cm³/mol. The molecular formula is C17H18F2N2O3. The summed E-state index contributed by atoms with van der Waals surface area (Å²) in [7, 11) is 0. The summed E-state index contributed by atoms with van der Waals surface area (Å²) in [6.45, 7) is 2.77. The Balaban J connectivity index is 1.42. The zero-order chi connectivity index (χ0) is 16.7. The van der Waals surface area contributed by atoms with E-state index in [1.54, 1.807) is 4.90 Å². The lowest BCUT2D eigenvalue weighted by Crippen LogP contribution is -2.39. The lowest BCUT2D eigenvalue weighted by molar-refractivity contribution is -0.141. The highest BCUT2D eigenvalue weighted by atomic mass is 19.1. The lowest BCUT2D eigenvalue weighted by Gasteiger charge is -2.23. The Labute approximate surface area is 138 Å². The molecule has 0 bridgehead atoms. The minimum absolute atomic E-state index is 0.0485. The number of nitrogens with zero attached hydrogens (tertiary/aromatic N) is 2. The topological polar surface area (TPSA) is 51.1 Å². The molecule has 3 heterocycles. The van der Waals surface area contributed by atoms with Crippen molar-refractivity contribution in [3.8, 4) is 0 Å². The van der Waals surface area contributed by atoms with E-state index in [-0.39, 0.29) is 29.0 Å². The SMILES string of the molecule is O=C([C@H]1CC(c2cc(F)ccc2F)=NO1)N1CC[C@@]2(CCOC2)C1. The summed E-state index contributed by atoms with van der Waals surface area (Å²) in [5.74, 6) is -1.27. The van der Waals surface area contributed by atoms with Crippen molar-refractivity contribution in [3.05, 3.63) is 35.4 Å². The summed E-state index contributed by atoms with van der Waals surface area (Å²) in [5, 5.41) is 3.81. The van der Waals surface area contributed by atoms with Crippen LogP contribution in [0, 0.1) is 17.0 Å². The molecule has 3 aliphatic rings. The Morgan fingerprint density at radius 3 is 3.00 bits per heavy atom. The van der Waals surface area contributed by atoms with Gasteiger partial charge in [0.15, 0.2) is 0 Å². The zero-order valence-corrected chi connectivity index (χ0v) is 13.1. The molecule has 1 amide bonds. The number of halogens is 2. The maximum Gasteiger partial charge on any atom is 0.266 e. The minimum Gasteiger partial charge on any atom is -0.382 e. The number of carbonyl (C=O) groups is 1. The molecule has 5 nitrogen and oxygen atoms in total. The second-order valence-corrected chi connectivity index (χ2v) is 6.77. The first-order valence-electron chi connectivity index (χ1n) is 8.11. The van der Waals surface area contributed by atoms with E-state index in [4.69, 9.17) is 9.57 Å². The number of likely N-dealkylation sites (tertiary alicyclic amines) is 1. The van der Waals surface area contributed by atoms with Crippen molar-refractivity contribution in [2.24, 2.45) is 10.6 Å². The van der Waals surface area contributed by atoms with Gasteiger partial charge in [-0.15, -0.1) is 0 Å². The first kappa shape index (κ1) is 15.5. The molecule has 1 aromatic rings. The average Bonchev–Trinajstić information content (AvgIpc) is 3.31. The first-order chi connectivity index (χ1) is 11.6. The number of amides is 1. The molecule has 7 heteroatoms. The van der Waals surface area contributed by atoms with Crippen LogP contribution < -0.4 is 0 Å². The van der Waals surface area contributed by atoms with Crippen LogP contribution in [-0.2, 0) is 14.4 Å². The predicted octanol–water partition coefficient (Wildman–Crippen LogP) is 2.10. The standard InChI is InChI=1S/C17H18F2N2O3/c18-11-1-2-13(19)12(7-11)14-8-15(24-20-14)16(22)21-5-3-17(9-21)4-6-23-10-17/h1-2,7,15H,3-6,8-10H2/t15-,17-/m1/s1. The Kier molecular flexibility index (Phi) is 3.75. The molecule has 1 spiro atoms. The highest BCUT2D eigenvalue weighted by Gasteiger charge is 2.45. The molecule has 128 valence electrons. The summed E-state index contributed by atoms with van der Waals surface area (Å²) in [4.78, 5) is 19.6. The largest absolute Gasteiger partial charge is 0.382 e. The zero-order valence-electron chi connectivity index (χ0n) is 13.1. The van der Waals surface area contributed by atoms with Crippen LogP contribution in [0.15, 0.2) is 23.4 Å². The highest BCUT2D eigenvalue weighted by Crippen LogP contribution is 2.38. The molecule has 4 rings (SSSR count). The van der Waals surface area contributed by atoms with Gasteiger partial charge in [0.1, 0.15) is 11.6 Å². The molecule has 0 unspecified atom stereocenters. The maximum atomic E-state index is 13.8. The molecule has 0 aromatic heterocycles. The van der Waals surface area contributed by atoms with Gasteiger partial charge in [-0.3, -0.25) is 4.79 Å². The first-order valence-corrected chi connectivity index (χ1v) is 8.11. The maximum absolute atomic E-state index is 13.8. The van der Waals surface area contributed by atoms with E-state index in [1.807, 2.05) is 0 Å². The van der Waals surface area contributed by atoms with Crippen LogP contribution in [0.2, 0.25) is 0 Å². The molecule has 0 radical (unpaired) electrons. The van der Waals surface area contributed by atoms with E-state index in [2.05, 4.69) is 5.16 Å². The van der Waals surface area contributed by atoms with E-state index in [9.17, 15) is 13.6 Å². The van der Waals surface area contributed by atoms with Gasteiger partial charge in [0.2, 0.25) is 6.10 Å². The molecule has 2 atom stereocenters. The van der Waals surface area contributed by atoms with E-state index in [0.717, 1.165) is 37.6 Å². The van der Waals surface area contributed by atoms with Gasteiger partial charge in [-0.1, -0.05) is 5.16 Å². The molecule has 0 N–H and O–H groups in total. The van der Waals surface area contributed by atoms with Crippen molar-refractivity contribution < 1.29 is 23.1 Å². The Hall–Kier alpha value is -2.02. The second-order valence-electron chi connectivity index (χ2n) is 6.77. The number of benzene rings is 1. The molecule has 0 saturated carbocycles. The second kappa shape index (κ2) is 5.81. The Morgan fingerprint density at radius 2 is 2.21 bits per heavy atom. The normalized spacial score (nSPS) is 29.2. The van der Waals surface area contributed by atoms with Gasteiger partial charge >= 0.3 is 0 Å². The summed E-state index contributed by atoms with van der Waals surface area (Å²) in [5.41, 5.74) is 0.392. The number of ether oxygens (including phenoxy) is 1. The molecule has 24 heavy (non-hydrogen) atoms. The molecule has 1 aromatic carbocycles. The summed E-state index contributed by atoms with van der Waals surface area (Å²) in [6.07, 6.45) is 1.29. The van der Waals surface area contributed by atoms with Crippen molar-refractivity contribution in [2.75, 3.05) is 26.3 Å². The van der Waals surface area contributed by atoms with Crippen LogP contribution in [0.3, 0.4) is 0 Å². The third-order valence-electron chi connectivity index (χ3n) is 5.12. The number of carbonyl (C=O) groups excluding carboxylic acids is 1.